The van der Waals surface area contributed by atoms with Crippen molar-refractivity contribution >= 4 is 34.2 Å². The van der Waals surface area contributed by atoms with Crippen LogP contribution >= 0.6 is 0 Å². The molecule has 2 heterocycles. The quantitative estimate of drug-likeness (QED) is 0.171. The summed E-state index contributed by atoms with van der Waals surface area (Å²) < 4.78 is 17.3. The lowest BCUT2D eigenvalue weighted by molar-refractivity contribution is 0.0696. The molecule has 2 aromatic heterocycles. The minimum Gasteiger partial charge on any atom is -0.493 e. The summed E-state index contributed by atoms with van der Waals surface area (Å²) in [7, 11) is 3.01. The highest BCUT2D eigenvalue weighted by Crippen LogP contribution is 2.42. The SMILES string of the molecule is COc1ncc(-c2cc3ncc(C(N)=O)c(Nc4cc(C(=O)O)cc(C5CCCC5)c4)c3cc2OCC2CCCC2)c(OC)n1. The summed E-state index contributed by atoms with van der Waals surface area (Å²) in [5, 5.41) is 13.8. The van der Waals surface area contributed by atoms with Gasteiger partial charge in [-0.05, 0) is 73.4 Å². The molecule has 2 saturated carbocycles. The summed E-state index contributed by atoms with van der Waals surface area (Å²) in [6.45, 7) is 0.523. The van der Waals surface area contributed by atoms with Gasteiger partial charge in [-0.25, -0.2) is 9.78 Å². The lowest BCUT2D eigenvalue weighted by Gasteiger charge is -2.20. The normalized spacial score (nSPS) is 15.3. The molecule has 2 aliphatic rings. The van der Waals surface area contributed by atoms with Crippen LogP contribution in [-0.4, -0.2) is 52.8 Å². The number of nitrogens with two attached hydrogens (primary N) is 1. The van der Waals surface area contributed by atoms with Crippen LogP contribution in [0, 0.1) is 5.92 Å². The molecule has 0 saturated heterocycles. The van der Waals surface area contributed by atoms with Crippen molar-refractivity contribution in [3.8, 4) is 28.8 Å². The number of carbonyl (C=O) groups excluding carboxylic acids is 1. The van der Waals surface area contributed by atoms with Crippen molar-refractivity contribution in [3.63, 3.8) is 0 Å². The first-order chi connectivity index (χ1) is 21.8. The number of hydrogen-bond donors (Lipinski definition) is 3. The molecule has 0 aliphatic heterocycles. The molecule has 45 heavy (non-hydrogen) atoms. The number of fused-ring (bicyclic) bond motifs is 1. The highest BCUT2D eigenvalue weighted by Gasteiger charge is 2.24. The number of rotatable bonds is 11. The predicted molar refractivity (Wildman–Crippen MR) is 170 cm³/mol. The molecule has 0 bridgehead atoms. The van der Waals surface area contributed by atoms with Gasteiger partial charge in [0.2, 0.25) is 5.88 Å². The summed E-state index contributed by atoms with van der Waals surface area (Å²) in [6.07, 6.45) is 11.8. The number of anilines is 2. The van der Waals surface area contributed by atoms with E-state index in [-0.39, 0.29) is 23.1 Å². The first-order valence-electron chi connectivity index (χ1n) is 15.3. The maximum Gasteiger partial charge on any atom is 0.335 e. The van der Waals surface area contributed by atoms with Gasteiger partial charge in [-0.15, -0.1) is 0 Å². The molecule has 234 valence electrons. The third-order valence-electron chi connectivity index (χ3n) is 8.88. The molecule has 0 atom stereocenters. The van der Waals surface area contributed by atoms with Crippen LogP contribution in [0.5, 0.6) is 17.6 Å². The van der Waals surface area contributed by atoms with Crippen LogP contribution in [0.4, 0.5) is 11.4 Å². The second-order valence-electron chi connectivity index (χ2n) is 11.8. The Labute approximate surface area is 261 Å². The smallest absolute Gasteiger partial charge is 0.335 e. The average molecular weight is 612 g/mol. The highest BCUT2D eigenvalue weighted by atomic mass is 16.5. The molecule has 11 heteroatoms. The van der Waals surface area contributed by atoms with Gasteiger partial charge in [0.1, 0.15) is 5.75 Å². The Morgan fingerprint density at radius 2 is 1.69 bits per heavy atom. The van der Waals surface area contributed by atoms with Crippen molar-refractivity contribution in [1.82, 2.24) is 15.0 Å². The number of ether oxygens (including phenoxy) is 3. The van der Waals surface area contributed by atoms with Crippen molar-refractivity contribution in [2.75, 3.05) is 26.1 Å². The molecule has 11 nitrogen and oxygen atoms in total. The van der Waals surface area contributed by atoms with Gasteiger partial charge in [0, 0.05) is 29.0 Å². The Hall–Kier alpha value is -4.93. The summed E-state index contributed by atoms with van der Waals surface area (Å²) in [6, 6.07) is 9.13. The maximum absolute atomic E-state index is 12.7. The molecule has 4 N–H and O–H groups in total. The van der Waals surface area contributed by atoms with E-state index in [2.05, 4.69) is 20.3 Å². The van der Waals surface area contributed by atoms with Gasteiger partial charge in [-0.1, -0.05) is 25.7 Å². The molecular weight excluding hydrogens is 574 g/mol. The van der Waals surface area contributed by atoms with E-state index in [1.807, 2.05) is 18.2 Å². The van der Waals surface area contributed by atoms with Gasteiger partial charge in [-0.2, -0.15) is 4.98 Å². The van der Waals surface area contributed by atoms with Crippen molar-refractivity contribution in [2.45, 2.75) is 57.3 Å². The molecule has 2 fully saturated rings. The van der Waals surface area contributed by atoms with E-state index in [1.54, 1.807) is 18.3 Å². The van der Waals surface area contributed by atoms with Crippen LogP contribution in [0.25, 0.3) is 22.0 Å². The van der Waals surface area contributed by atoms with Gasteiger partial charge in [0.25, 0.3) is 5.91 Å². The number of aromatic nitrogens is 3. The number of carboxylic acid groups (broad SMARTS) is 1. The third kappa shape index (κ3) is 6.33. The van der Waals surface area contributed by atoms with Crippen LogP contribution in [0.2, 0.25) is 0 Å². The average Bonchev–Trinajstić information content (AvgIpc) is 3.78. The van der Waals surface area contributed by atoms with Crippen LogP contribution in [0.3, 0.4) is 0 Å². The Bertz CT molecular complexity index is 1750. The molecule has 6 rings (SSSR count). The number of primary amides is 1. The lowest BCUT2D eigenvalue weighted by atomic mass is 9.95. The van der Waals surface area contributed by atoms with E-state index >= 15 is 0 Å². The minimum absolute atomic E-state index is 0.168. The number of hydrogen-bond acceptors (Lipinski definition) is 9. The zero-order valence-electron chi connectivity index (χ0n) is 25.5. The van der Waals surface area contributed by atoms with E-state index in [9.17, 15) is 14.7 Å². The van der Waals surface area contributed by atoms with Crippen molar-refractivity contribution in [3.05, 3.63) is 59.4 Å². The summed E-state index contributed by atoms with van der Waals surface area (Å²) >= 11 is 0. The molecule has 0 unspecified atom stereocenters. The standard InChI is InChI=1S/C34H37N5O6/c1-43-32-26(16-37-34(39-32)44-2)24-14-28-25(15-29(24)45-18-19-7-3-4-8-19)30(27(17-36-28)31(35)40)38-23-12-21(20-9-5-6-10-20)11-22(13-23)33(41)42/h11-17,19-20H,3-10,18H2,1-2H3,(H2,35,40)(H,36,38)(H,41,42). The predicted octanol–water partition coefficient (Wildman–Crippen LogP) is 6.48. The second-order valence-corrected chi connectivity index (χ2v) is 11.8. The van der Waals surface area contributed by atoms with Crippen molar-refractivity contribution in [2.24, 2.45) is 11.7 Å². The first kappa shape index (κ1) is 30.1. The lowest BCUT2D eigenvalue weighted by Crippen LogP contribution is -2.15. The van der Waals surface area contributed by atoms with E-state index in [4.69, 9.17) is 19.9 Å². The zero-order chi connectivity index (χ0) is 31.5. The fraction of sp³-hybridized carbons (Fsp3) is 0.382. The van der Waals surface area contributed by atoms with E-state index in [0.717, 1.165) is 44.1 Å². The molecule has 2 aliphatic carbocycles. The number of carboxylic acids is 1. The number of nitrogens with zero attached hydrogens (tertiary/aromatic N) is 3. The zero-order valence-corrected chi connectivity index (χ0v) is 25.5. The number of benzene rings is 2. The Morgan fingerprint density at radius 1 is 0.933 bits per heavy atom. The van der Waals surface area contributed by atoms with Crippen molar-refractivity contribution in [1.29, 1.82) is 0 Å². The molecule has 4 aromatic rings. The number of aromatic carboxylic acids is 1. The molecular formula is C34H37N5O6. The monoisotopic (exact) mass is 611 g/mol. The summed E-state index contributed by atoms with van der Waals surface area (Å²) in [5.41, 5.74) is 9.93. The number of methoxy groups -OCH3 is 2. The van der Waals surface area contributed by atoms with Gasteiger partial charge in [0.15, 0.2) is 0 Å². The number of carbonyl (C=O) groups is 2. The Balaban J connectivity index is 1.50. The van der Waals surface area contributed by atoms with Crippen LogP contribution in [-0.2, 0) is 0 Å². The van der Waals surface area contributed by atoms with E-state index < -0.39 is 11.9 Å². The van der Waals surface area contributed by atoms with Crippen LogP contribution in [0.1, 0.15) is 83.6 Å². The van der Waals surface area contributed by atoms with Gasteiger partial charge < -0.3 is 30.4 Å². The maximum atomic E-state index is 12.7. The van der Waals surface area contributed by atoms with E-state index in [0.29, 0.717) is 57.6 Å². The molecule has 2 aromatic carbocycles. The number of amides is 1. The second kappa shape index (κ2) is 13.0. The largest absolute Gasteiger partial charge is 0.493 e. The van der Waals surface area contributed by atoms with Gasteiger partial charge in [-0.3, -0.25) is 9.78 Å². The minimum atomic E-state index is -1.02. The molecule has 0 radical (unpaired) electrons. The van der Waals surface area contributed by atoms with Crippen LogP contribution in [0.15, 0.2) is 42.7 Å². The number of nitrogens with one attached hydrogen (secondary N) is 1. The highest BCUT2D eigenvalue weighted by molar-refractivity contribution is 6.09. The fourth-order valence-electron chi connectivity index (χ4n) is 6.53. The van der Waals surface area contributed by atoms with Gasteiger partial charge in [0.05, 0.1) is 48.7 Å². The number of pyridine rings is 1. The van der Waals surface area contributed by atoms with Gasteiger partial charge >= 0.3 is 12.0 Å². The van der Waals surface area contributed by atoms with Crippen molar-refractivity contribution < 1.29 is 28.9 Å². The van der Waals surface area contributed by atoms with Crippen LogP contribution < -0.4 is 25.3 Å². The fourth-order valence-corrected chi connectivity index (χ4v) is 6.53. The summed E-state index contributed by atoms with van der Waals surface area (Å²) in [5.74, 6) is -0.115. The summed E-state index contributed by atoms with van der Waals surface area (Å²) in [4.78, 5) is 38.0. The molecule has 1 amide bonds. The topological polar surface area (TPSA) is 159 Å². The Kier molecular flexibility index (Phi) is 8.68. The van der Waals surface area contributed by atoms with E-state index in [1.165, 1.54) is 33.3 Å². The first-order valence-corrected chi connectivity index (χ1v) is 15.3. The third-order valence-corrected chi connectivity index (χ3v) is 8.88. The molecule has 0 spiro atoms. The Morgan fingerprint density at radius 3 is 2.38 bits per heavy atom.